The normalized spacial score (nSPS) is 10.4. The van der Waals surface area contributed by atoms with Gasteiger partial charge in [0, 0.05) is 16.6 Å². The lowest BCUT2D eigenvalue weighted by molar-refractivity contribution is 0.417. The van der Waals surface area contributed by atoms with Crippen molar-refractivity contribution in [1.29, 1.82) is 0 Å². The summed E-state index contributed by atoms with van der Waals surface area (Å²) < 4.78 is 5.32. The highest BCUT2D eigenvalue weighted by atomic mass is 35.5. The molecule has 0 saturated heterocycles. The van der Waals surface area contributed by atoms with Crippen molar-refractivity contribution >= 4 is 40.7 Å². The van der Waals surface area contributed by atoms with E-state index in [-0.39, 0.29) is 0 Å². The maximum Gasteiger partial charge on any atom is 0.244 e. The van der Waals surface area contributed by atoms with Crippen LogP contribution in [0.2, 0.25) is 10.0 Å². The van der Waals surface area contributed by atoms with Crippen LogP contribution in [0.4, 0.5) is 17.5 Å². The highest BCUT2D eigenvalue weighted by molar-refractivity contribution is 6.31. The molecule has 0 radical (unpaired) electrons. The maximum atomic E-state index is 6.04. The van der Waals surface area contributed by atoms with Crippen LogP contribution in [0.1, 0.15) is 5.56 Å². The fraction of sp³-hybridized carbons (Fsp3) is 0.167. The van der Waals surface area contributed by atoms with Crippen LogP contribution >= 0.6 is 23.2 Å². The smallest absolute Gasteiger partial charge is 0.244 e. The van der Waals surface area contributed by atoms with Crippen molar-refractivity contribution < 1.29 is 4.74 Å². The Morgan fingerprint density at radius 2 is 1.81 bits per heavy atom. The second-order valence-electron chi connectivity index (χ2n) is 5.44. The summed E-state index contributed by atoms with van der Waals surface area (Å²) in [6.45, 7) is 0.674. The molecule has 2 N–H and O–H groups in total. The van der Waals surface area contributed by atoms with E-state index in [2.05, 4.69) is 25.8 Å². The average Bonchev–Trinajstić information content (AvgIpc) is 2.64. The van der Waals surface area contributed by atoms with Crippen molar-refractivity contribution in [3.63, 3.8) is 0 Å². The van der Waals surface area contributed by atoms with E-state index < -0.39 is 0 Å². The van der Waals surface area contributed by atoms with Crippen LogP contribution in [0.5, 0.6) is 5.75 Å². The SMILES string of the molecule is COc1ccc(Cl)cc1Nc1cnnc(NCCc2ccc(Cl)cc2)n1. The molecule has 2 aromatic carbocycles. The maximum absolute atomic E-state index is 6.04. The Morgan fingerprint density at radius 3 is 2.58 bits per heavy atom. The molecule has 134 valence electrons. The topological polar surface area (TPSA) is 72.0 Å². The first-order valence-electron chi connectivity index (χ1n) is 7.92. The molecule has 26 heavy (non-hydrogen) atoms. The summed E-state index contributed by atoms with van der Waals surface area (Å²) in [5.74, 6) is 1.63. The number of methoxy groups -OCH3 is 1. The molecular formula is C18H17Cl2N5O. The predicted octanol–water partition coefficient (Wildman–Crippen LogP) is 4.59. The van der Waals surface area contributed by atoms with E-state index in [1.807, 2.05) is 24.3 Å². The zero-order valence-electron chi connectivity index (χ0n) is 14.0. The first-order chi connectivity index (χ1) is 12.6. The van der Waals surface area contributed by atoms with E-state index in [9.17, 15) is 0 Å². The zero-order valence-corrected chi connectivity index (χ0v) is 15.6. The summed E-state index contributed by atoms with van der Waals surface area (Å²) >= 11 is 11.9. The molecule has 0 aliphatic carbocycles. The summed E-state index contributed by atoms with van der Waals surface area (Å²) in [5.41, 5.74) is 1.88. The molecule has 3 rings (SSSR count). The van der Waals surface area contributed by atoms with Crippen molar-refractivity contribution in [3.05, 3.63) is 64.3 Å². The first kappa shape index (κ1) is 18.2. The third-order valence-electron chi connectivity index (χ3n) is 3.59. The van der Waals surface area contributed by atoms with Crippen LogP contribution in [-0.2, 0) is 6.42 Å². The largest absolute Gasteiger partial charge is 0.495 e. The van der Waals surface area contributed by atoms with E-state index >= 15 is 0 Å². The monoisotopic (exact) mass is 389 g/mol. The van der Waals surface area contributed by atoms with Gasteiger partial charge in [0.05, 0.1) is 19.0 Å². The lowest BCUT2D eigenvalue weighted by Crippen LogP contribution is -2.09. The molecule has 0 aliphatic rings. The van der Waals surface area contributed by atoms with Crippen LogP contribution < -0.4 is 15.4 Å². The third kappa shape index (κ3) is 4.97. The van der Waals surface area contributed by atoms with Crippen molar-refractivity contribution in [2.24, 2.45) is 0 Å². The molecule has 0 bridgehead atoms. The summed E-state index contributed by atoms with van der Waals surface area (Å²) in [6.07, 6.45) is 2.35. The molecule has 0 amide bonds. The molecule has 1 heterocycles. The molecule has 3 aromatic rings. The Balaban J connectivity index is 1.63. The van der Waals surface area contributed by atoms with Gasteiger partial charge in [-0.05, 0) is 42.3 Å². The van der Waals surface area contributed by atoms with Gasteiger partial charge in [-0.1, -0.05) is 35.3 Å². The lowest BCUT2D eigenvalue weighted by atomic mass is 10.1. The Bertz CT molecular complexity index is 874. The van der Waals surface area contributed by atoms with Crippen molar-refractivity contribution in [1.82, 2.24) is 15.2 Å². The molecule has 8 heteroatoms. The van der Waals surface area contributed by atoms with Gasteiger partial charge in [-0.15, -0.1) is 5.10 Å². The van der Waals surface area contributed by atoms with Crippen molar-refractivity contribution in [3.8, 4) is 5.75 Å². The molecule has 0 aliphatic heterocycles. The molecule has 0 fully saturated rings. The van der Waals surface area contributed by atoms with Crippen LogP contribution in [0.3, 0.4) is 0 Å². The van der Waals surface area contributed by atoms with E-state index in [0.29, 0.717) is 34.8 Å². The lowest BCUT2D eigenvalue weighted by Gasteiger charge is -2.11. The number of nitrogens with zero attached hydrogens (tertiary/aromatic N) is 3. The van der Waals surface area contributed by atoms with Crippen molar-refractivity contribution in [2.75, 3.05) is 24.3 Å². The van der Waals surface area contributed by atoms with Gasteiger partial charge in [-0.25, -0.2) is 0 Å². The number of hydrogen-bond acceptors (Lipinski definition) is 6. The molecule has 0 unspecified atom stereocenters. The molecule has 6 nitrogen and oxygen atoms in total. The van der Waals surface area contributed by atoms with E-state index in [0.717, 1.165) is 11.4 Å². The molecule has 0 saturated carbocycles. The second-order valence-corrected chi connectivity index (χ2v) is 6.31. The number of benzene rings is 2. The summed E-state index contributed by atoms with van der Waals surface area (Å²) in [4.78, 5) is 4.40. The predicted molar refractivity (Wildman–Crippen MR) is 105 cm³/mol. The summed E-state index contributed by atoms with van der Waals surface area (Å²) in [5, 5.41) is 15.6. The van der Waals surface area contributed by atoms with E-state index in [4.69, 9.17) is 27.9 Å². The zero-order chi connectivity index (χ0) is 18.4. The van der Waals surface area contributed by atoms with Gasteiger partial charge in [0.2, 0.25) is 5.95 Å². The Hall–Kier alpha value is -2.57. The highest BCUT2D eigenvalue weighted by Crippen LogP contribution is 2.29. The van der Waals surface area contributed by atoms with Crippen molar-refractivity contribution in [2.45, 2.75) is 6.42 Å². The average molecular weight is 390 g/mol. The number of hydrogen-bond donors (Lipinski definition) is 2. The van der Waals surface area contributed by atoms with Crippen LogP contribution in [-0.4, -0.2) is 28.8 Å². The van der Waals surface area contributed by atoms with Gasteiger partial charge in [0.25, 0.3) is 0 Å². The third-order valence-corrected chi connectivity index (χ3v) is 4.08. The minimum atomic E-state index is 0.435. The standard InChI is InChI=1S/C18H17Cl2N5O/c1-26-16-7-6-14(20)10-15(16)23-17-11-22-25-18(24-17)21-9-8-12-2-4-13(19)5-3-12/h2-7,10-11H,8-9H2,1H3,(H2,21,23,24,25). The van der Waals surface area contributed by atoms with E-state index in [1.165, 1.54) is 11.8 Å². The summed E-state index contributed by atoms with van der Waals surface area (Å²) in [6, 6.07) is 13.0. The first-order valence-corrected chi connectivity index (χ1v) is 8.68. The van der Waals surface area contributed by atoms with Crippen LogP contribution in [0, 0.1) is 0 Å². The number of halogens is 2. The highest BCUT2D eigenvalue weighted by Gasteiger charge is 2.07. The van der Waals surface area contributed by atoms with Gasteiger partial charge in [0.1, 0.15) is 5.75 Å². The number of rotatable bonds is 7. The fourth-order valence-electron chi connectivity index (χ4n) is 2.32. The fourth-order valence-corrected chi connectivity index (χ4v) is 2.62. The quantitative estimate of drug-likeness (QED) is 0.615. The molecular weight excluding hydrogens is 373 g/mol. The molecule has 0 atom stereocenters. The Labute approximate surface area is 161 Å². The van der Waals surface area contributed by atoms with Gasteiger partial charge in [-0.2, -0.15) is 10.1 Å². The molecule has 1 aromatic heterocycles. The second kappa shape index (κ2) is 8.69. The van der Waals surface area contributed by atoms with Crippen LogP contribution in [0.25, 0.3) is 0 Å². The number of anilines is 3. The number of ether oxygens (including phenoxy) is 1. The Morgan fingerprint density at radius 1 is 1.04 bits per heavy atom. The summed E-state index contributed by atoms with van der Waals surface area (Å²) in [7, 11) is 1.59. The number of aromatic nitrogens is 3. The van der Waals surface area contributed by atoms with Gasteiger partial charge in [0.15, 0.2) is 5.82 Å². The van der Waals surface area contributed by atoms with Gasteiger partial charge in [-0.3, -0.25) is 0 Å². The number of nitrogens with one attached hydrogen (secondary N) is 2. The van der Waals surface area contributed by atoms with Gasteiger partial charge < -0.3 is 15.4 Å². The van der Waals surface area contributed by atoms with E-state index in [1.54, 1.807) is 25.3 Å². The minimum Gasteiger partial charge on any atom is -0.495 e. The van der Waals surface area contributed by atoms with Gasteiger partial charge >= 0.3 is 0 Å². The molecule has 0 spiro atoms. The minimum absolute atomic E-state index is 0.435. The Kier molecular flexibility index (Phi) is 6.09. The van der Waals surface area contributed by atoms with Crippen LogP contribution in [0.15, 0.2) is 48.7 Å².